The minimum atomic E-state index is -2.82. The summed E-state index contributed by atoms with van der Waals surface area (Å²) < 4.78 is 28.2. The van der Waals surface area contributed by atoms with Crippen molar-refractivity contribution in [1.29, 1.82) is 0 Å². The fraction of sp³-hybridized carbons (Fsp3) is 0.500. The van der Waals surface area contributed by atoms with Crippen molar-refractivity contribution in [1.82, 2.24) is 10.6 Å². The Hall–Kier alpha value is -1.69. The molecule has 0 bridgehead atoms. The molecule has 6 heteroatoms. The second-order valence-corrected chi connectivity index (χ2v) is 4.80. The lowest BCUT2D eigenvalue weighted by Crippen LogP contribution is -2.31. The molecule has 20 heavy (non-hydrogen) atoms. The van der Waals surface area contributed by atoms with Gasteiger partial charge in [0.25, 0.3) is 0 Å². The highest BCUT2D eigenvalue weighted by molar-refractivity contribution is 5.76. The van der Waals surface area contributed by atoms with Crippen LogP contribution in [0.4, 0.5) is 8.78 Å². The van der Waals surface area contributed by atoms with Crippen molar-refractivity contribution in [3.63, 3.8) is 0 Å². The lowest BCUT2D eigenvalue weighted by Gasteiger charge is -2.11. The van der Waals surface area contributed by atoms with Gasteiger partial charge in [-0.05, 0) is 37.1 Å². The SMILES string of the molecule is O=C(CC1CCCN1)NCc1ccc(OC(F)F)cc1. The van der Waals surface area contributed by atoms with Gasteiger partial charge in [0.05, 0.1) is 0 Å². The second-order valence-electron chi connectivity index (χ2n) is 4.80. The summed E-state index contributed by atoms with van der Waals surface area (Å²) in [5, 5.41) is 6.08. The van der Waals surface area contributed by atoms with Crippen molar-refractivity contribution in [2.75, 3.05) is 6.54 Å². The summed E-state index contributed by atoms with van der Waals surface area (Å²) in [7, 11) is 0. The first-order valence-electron chi connectivity index (χ1n) is 6.67. The van der Waals surface area contributed by atoms with Crippen LogP contribution in [0.15, 0.2) is 24.3 Å². The van der Waals surface area contributed by atoms with Gasteiger partial charge in [0.1, 0.15) is 5.75 Å². The molecule has 1 saturated heterocycles. The lowest BCUT2D eigenvalue weighted by molar-refractivity contribution is -0.121. The summed E-state index contributed by atoms with van der Waals surface area (Å²) in [5.41, 5.74) is 0.847. The quantitative estimate of drug-likeness (QED) is 0.840. The van der Waals surface area contributed by atoms with Crippen molar-refractivity contribution in [2.24, 2.45) is 0 Å². The number of benzene rings is 1. The normalized spacial score (nSPS) is 18.2. The van der Waals surface area contributed by atoms with Gasteiger partial charge in [-0.2, -0.15) is 8.78 Å². The molecule has 0 saturated carbocycles. The fourth-order valence-corrected chi connectivity index (χ4v) is 2.22. The maximum Gasteiger partial charge on any atom is 0.387 e. The molecule has 110 valence electrons. The topological polar surface area (TPSA) is 50.4 Å². The van der Waals surface area contributed by atoms with E-state index in [-0.39, 0.29) is 17.7 Å². The van der Waals surface area contributed by atoms with E-state index in [1.54, 1.807) is 12.1 Å². The van der Waals surface area contributed by atoms with Crippen LogP contribution in [0, 0.1) is 0 Å². The number of hydrogen-bond acceptors (Lipinski definition) is 3. The number of ether oxygens (including phenoxy) is 1. The van der Waals surface area contributed by atoms with E-state index in [0.717, 1.165) is 24.9 Å². The van der Waals surface area contributed by atoms with Crippen LogP contribution in [0.3, 0.4) is 0 Å². The highest BCUT2D eigenvalue weighted by Crippen LogP contribution is 2.15. The van der Waals surface area contributed by atoms with Gasteiger partial charge in [-0.25, -0.2) is 0 Å². The van der Waals surface area contributed by atoms with Crippen LogP contribution < -0.4 is 15.4 Å². The number of alkyl halides is 2. The van der Waals surface area contributed by atoms with Crippen molar-refractivity contribution in [3.8, 4) is 5.75 Å². The number of hydrogen-bond donors (Lipinski definition) is 2. The predicted octanol–water partition coefficient (Wildman–Crippen LogP) is 2.05. The molecule has 1 aliphatic rings. The molecule has 1 atom stereocenters. The number of halogens is 2. The Bertz CT molecular complexity index is 431. The Kier molecular flexibility index (Phi) is 5.29. The van der Waals surface area contributed by atoms with E-state index >= 15 is 0 Å². The van der Waals surface area contributed by atoms with Gasteiger partial charge in [0, 0.05) is 19.0 Å². The zero-order chi connectivity index (χ0) is 14.4. The van der Waals surface area contributed by atoms with Gasteiger partial charge >= 0.3 is 6.61 Å². The molecule has 1 unspecified atom stereocenters. The summed E-state index contributed by atoms with van der Waals surface area (Å²) in [4.78, 5) is 11.7. The molecule has 1 aliphatic heterocycles. The monoisotopic (exact) mass is 284 g/mol. The van der Waals surface area contributed by atoms with Crippen LogP contribution in [0.25, 0.3) is 0 Å². The molecular formula is C14H18F2N2O2. The van der Waals surface area contributed by atoms with E-state index in [2.05, 4.69) is 15.4 Å². The van der Waals surface area contributed by atoms with Gasteiger partial charge < -0.3 is 15.4 Å². The first-order valence-corrected chi connectivity index (χ1v) is 6.67. The van der Waals surface area contributed by atoms with E-state index in [1.807, 2.05) is 0 Å². The first-order chi connectivity index (χ1) is 9.63. The molecule has 1 aromatic carbocycles. The smallest absolute Gasteiger partial charge is 0.387 e. The van der Waals surface area contributed by atoms with Gasteiger partial charge in [-0.3, -0.25) is 4.79 Å². The molecule has 0 spiro atoms. The van der Waals surface area contributed by atoms with Crippen molar-refractivity contribution in [3.05, 3.63) is 29.8 Å². The molecule has 4 nitrogen and oxygen atoms in total. The van der Waals surface area contributed by atoms with Crippen LogP contribution in [-0.4, -0.2) is 25.1 Å². The predicted molar refractivity (Wildman–Crippen MR) is 70.6 cm³/mol. The van der Waals surface area contributed by atoms with E-state index in [1.165, 1.54) is 12.1 Å². The zero-order valence-electron chi connectivity index (χ0n) is 11.1. The minimum Gasteiger partial charge on any atom is -0.435 e. The lowest BCUT2D eigenvalue weighted by atomic mass is 10.1. The van der Waals surface area contributed by atoms with Gasteiger partial charge in [-0.1, -0.05) is 12.1 Å². The fourth-order valence-electron chi connectivity index (χ4n) is 2.22. The second kappa shape index (κ2) is 7.19. The Morgan fingerprint density at radius 3 is 2.75 bits per heavy atom. The Labute approximate surface area is 116 Å². The van der Waals surface area contributed by atoms with Crippen molar-refractivity contribution in [2.45, 2.75) is 38.5 Å². The molecule has 1 heterocycles. The summed E-state index contributed by atoms with van der Waals surface area (Å²) in [6.07, 6.45) is 2.63. The molecule has 0 aliphatic carbocycles. The van der Waals surface area contributed by atoms with E-state index in [0.29, 0.717) is 13.0 Å². The molecule has 2 N–H and O–H groups in total. The number of carbonyl (C=O) groups is 1. The third kappa shape index (κ3) is 4.77. The van der Waals surface area contributed by atoms with Crippen molar-refractivity contribution < 1.29 is 18.3 Å². The maximum atomic E-state index is 12.0. The Balaban J connectivity index is 1.74. The number of amides is 1. The molecule has 1 amide bonds. The average molecular weight is 284 g/mol. The van der Waals surface area contributed by atoms with Crippen LogP contribution in [0.2, 0.25) is 0 Å². The zero-order valence-corrected chi connectivity index (χ0v) is 11.1. The van der Waals surface area contributed by atoms with Crippen LogP contribution in [0.1, 0.15) is 24.8 Å². The van der Waals surface area contributed by atoms with Crippen LogP contribution in [-0.2, 0) is 11.3 Å². The van der Waals surface area contributed by atoms with E-state index in [4.69, 9.17) is 0 Å². The van der Waals surface area contributed by atoms with Crippen LogP contribution >= 0.6 is 0 Å². The van der Waals surface area contributed by atoms with Gasteiger partial charge in [0.15, 0.2) is 0 Å². The summed E-state index contributed by atoms with van der Waals surface area (Å²) >= 11 is 0. The van der Waals surface area contributed by atoms with Crippen LogP contribution in [0.5, 0.6) is 5.75 Å². The van der Waals surface area contributed by atoms with Gasteiger partial charge in [0.2, 0.25) is 5.91 Å². The third-order valence-electron chi connectivity index (χ3n) is 3.23. The van der Waals surface area contributed by atoms with E-state index < -0.39 is 6.61 Å². The first kappa shape index (κ1) is 14.7. The average Bonchev–Trinajstić information content (AvgIpc) is 2.90. The summed E-state index contributed by atoms with van der Waals surface area (Å²) in [6, 6.07) is 6.52. The Morgan fingerprint density at radius 2 is 2.15 bits per heavy atom. The minimum absolute atomic E-state index is 0.00249. The largest absolute Gasteiger partial charge is 0.435 e. The number of nitrogens with one attached hydrogen (secondary N) is 2. The number of rotatable bonds is 6. The molecule has 1 aromatic rings. The maximum absolute atomic E-state index is 12.0. The highest BCUT2D eigenvalue weighted by Gasteiger charge is 2.17. The van der Waals surface area contributed by atoms with Gasteiger partial charge in [-0.15, -0.1) is 0 Å². The number of carbonyl (C=O) groups excluding carboxylic acids is 1. The summed E-state index contributed by atoms with van der Waals surface area (Å²) in [5.74, 6) is 0.113. The highest BCUT2D eigenvalue weighted by atomic mass is 19.3. The summed E-state index contributed by atoms with van der Waals surface area (Å²) in [6.45, 7) is -1.45. The van der Waals surface area contributed by atoms with Crippen molar-refractivity contribution >= 4 is 5.91 Å². The Morgan fingerprint density at radius 1 is 1.40 bits per heavy atom. The third-order valence-corrected chi connectivity index (χ3v) is 3.23. The molecule has 2 rings (SSSR count). The molecular weight excluding hydrogens is 266 g/mol. The standard InChI is InChI=1S/C14H18F2N2O2/c15-14(16)20-12-5-3-10(4-6-12)9-18-13(19)8-11-2-1-7-17-11/h3-6,11,14,17H,1-2,7-9H2,(H,18,19). The molecule has 0 aromatic heterocycles. The van der Waals surface area contributed by atoms with E-state index in [9.17, 15) is 13.6 Å². The molecule has 0 radical (unpaired) electrons. The molecule has 1 fully saturated rings.